The van der Waals surface area contributed by atoms with Gasteiger partial charge in [-0.25, -0.2) is 0 Å². The molecule has 3 amide bonds. The van der Waals surface area contributed by atoms with E-state index in [-0.39, 0.29) is 11.9 Å². The van der Waals surface area contributed by atoms with Crippen LogP contribution in [0.4, 0.5) is 0 Å². The molecule has 0 aromatic heterocycles. The van der Waals surface area contributed by atoms with Gasteiger partial charge in [0.1, 0.15) is 18.6 Å². The molecule has 0 bridgehead atoms. The number of nitrogens with one attached hydrogen (secondary N) is 3. The zero-order valence-electron chi connectivity index (χ0n) is 18.9. The third-order valence-electron chi connectivity index (χ3n) is 4.76. The second-order valence-electron chi connectivity index (χ2n) is 7.38. The predicted molar refractivity (Wildman–Crippen MR) is 125 cm³/mol. The summed E-state index contributed by atoms with van der Waals surface area (Å²) in [6.07, 6.45) is 3.60. The first kappa shape index (κ1) is 29.5. The first-order chi connectivity index (χ1) is 15.0. The van der Waals surface area contributed by atoms with Crippen LogP contribution < -0.4 is 33.2 Å². The van der Waals surface area contributed by atoms with E-state index in [4.69, 9.17) is 22.3 Å². The molecule has 0 spiro atoms. The van der Waals surface area contributed by atoms with E-state index < -0.39 is 48.4 Å². The average Bonchev–Trinajstić information content (AvgIpc) is 2.74. The molecule has 12 nitrogen and oxygen atoms in total. The first-order valence-corrected chi connectivity index (χ1v) is 11.8. The van der Waals surface area contributed by atoms with Gasteiger partial charge in [0.2, 0.25) is 17.7 Å². The Morgan fingerprint density at radius 1 is 1.06 bits per heavy atom. The topological polar surface area (TPSA) is 215 Å². The summed E-state index contributed by atoms with van der Waals surface area (Å²) < 4.78 is 0. The number of guanidine groups is 1. The summed E-state index contributed by atoms with van der Waals surface area (Å²) in [7, 11) is 0. The van der Waals surface area contributed by atoms with Crippen molar-refractivity contribution in [3.05, 3.63) is 0 Å². The van der Waals surface area contributed by atoms with Gasteiger partial charge < -0.3 is 38.3 Å². The maximum Gasteiger partial charge on any atom is 0.322 e. The lowest BCUT2D eigenvalue weighted by atomic mass is 9.97. The van der Waals surface area contributed by atoms with Crippen molar-refractivity contribution in [1.29, 1.82) is 0 Å². The first-order valence-electron chi connectivity index (χ1n) is 10.4. The molecule has 0 fully saturated rings. The second-order valence-corrected chi connectivity index (χ2v) is 8.37. The minimum absolute atomic E-state index is 0.0416. The molecule has 32 heavy (non-hydrogen) atoms. The summed E-state index contributed by atoms with van der Waals surface area (Å²) in [6, 6.07) is -2.68. The summed E-state index contributed by atoms with van der Waals surface area (Å²) in [6.45, 7) is 3.40. The SMILES string of the molecule is CCC(C)C(NC(=O)C(CCSC)NC(=O)C(N)CCCN=C(N)N)C(=O)NCC(=O)O. The van der Waals surface area contributed by atoms with Crippen molar-refractivity contribution in [1.82, 2.24) is 16.0 Å². The Bertz CT molecular complexity index is 658. The molecule has 0 heterocycles. The molecule has 0 saturated heterocycles. The van der Waals surface area contributed by atoms with Gasteiger partial charge in [-0.3, -0.25) is 24.2 Å². The summed E-state index contributed by atoms with van der Waals surface area (Å²) >= 11 is 1.50. The summed E-state index contributed by atoms with van der Waals surface area (Å²) in [5, 5.41) is 16.4. The summed E-state index contributed by atoms with van der Waals surface area (Å²) in [5.74, 6) is -2.50. The third kappa shape index (κ3) is 12.3. The number of amides is 3. The van der Waals surface area contributed by atoms with Gasteiger partial charge in [-0.05, 0) is 37.2 Å². The van der Waals surface area contributed by atoms with E-state index >= 15 is 0 Å². The van der Waals surface area contributed by atoms with Gasteiger partial charge in [0.25, 0.3) is 0 Å². The van der Waals surface area contributed by atoms with Crippen molar-refractivity contribution in [3.8, 4) is 0 Å². The van der Waals surface area contributed by atoms with Crippen molar-refractivity contribution < 1.29 is 24.3 Å². The largest absolute Gasteiger partial charge is 0.480 e. The molecule has 13 heteroatoms. The van der Waals surface area contributed by atoms with Gasteiger partial charge in [0.05, 0.1) is 6.04 Å². The van der Waals surface area contributed by atoms with Gasteiger partial charge in [-0.2, -0.15) is 11.8 Å². The Morgan fingerprint density at radius 3 is 2.25 bits per heavy atom. The average molecular weight is 476 g/mol. The normalized spacial score (nSPS) is 14.4. The highest BCUT2D eigenvalue weighted by Crippen LogP contribution is 2.10. The molecule has 0 aromatic rings. The zero-order chi connectivity index (χ0) is 24.7. The van der Waals surface area contributed by atoms with Crippen LogP contribution in [0.3, 0.4) is 0 Å². The van der Waals surface area contributed by atoms with Crippen LogP contribution in [0.2, 0.25) is 0 Å². The number of rotatable bonds is 16. The molecule has 4 unspecified atom stereocenters. The number of carboxylic acids is 1. The van der Waals surface area contributed by atoms with Gasteiger partial charge in [-0.15, -0.1) is 0 Å². The van der Waals surface area contributed by atoms with Crippen molar-refractivity contribution in [3.63, 3.8) is 0 Å². The monoisotopic (exact) mass is 475 g/mol. The fourth-order valence-electron chi connectivity index (χ4n) is 2.66. The number of hydrogen-bond donors (Lipinski definition) is 7. The summed E-state index contributed by atoms with van der Waals surface area (Å²) in [5.41, 5.74) is 16.4. The smallest absolute Gasteiger partial charge is 0.322 e. The Morgan fingerprint density at radius 2 is 1.72 bits per heavy atom. The van der Waals surface area contributed by atoms with Crippen LogP contribution in [0.5, 0.6) is 0 Å². The maximum absolute atomic E-state index is 12.9. The zero-order valence-corrected chi connectivity index (χ0v) is 19.7. The number of thioether (sulfide) groups is 1. The lowest BCUT2D eigenvalue weighted by molar-refractivity contribution is -0.139. The molecule has 10 N–H and O–H groups in total. The van der Waals surface area contributed by atoms with E-state index in [1.807, 2.05) is 13.2 Å². The second kappa shape index (κ2) is 16.1. The number of aliphatic carboxylic acids is 1. The number of nitrogens with two attached hydrogens (primary N) is 3. The molecule has 0 saturated carbocycles. The Balaban J connectivity index is 5.14. The van der Waals surface area contributed by atoms with Crippen molar-refractivity contribution in [2.24, 2.45) is 28.1 Å². The van der Waals surface area contributed by atoms with Crippen LogP contribution in [0, 0.1) is 5.92 Å². The molecular formula is C19H37N7O5S. The van der Waals surface area contributed by atoms with E-state index in [9.17, 15) is 19.2 Å². The third-order valence-corrected chi connectivity index (χ3v) is 5.40. The van der Waals surface area contributed by atoms with Crippen molar-refractivity contribution in [2.45, 2.75) is 57.7 Å². The highest BCUT2D eigenvalue weighted by molar-refractivity contribution is 7.98. The number of nitrogens with zero attached hydrogens (tertiary/aromatic N) is 1. The van der Waals surface area contributed by atoms with E-state index in [0.717, 1.165) is 0 Å². The van der Waals surface area contributed by atoms with Crippen LogP contribution in [0.1, 0.15) is 39.5 Å². The fourth-order valence-corrected chi connectivity index (χ4v) is 3.13. The number of carbonyl (C=O) groups is 4. The Hall–Kier alpha value is -2.54. The molecule has 0 aromatic carbocycles. The molecule has 0 rings (SSSR count). The van der Waals surface area contributed by atoms with Gasteiger partial charge in [-0.1, -0.05) is 20.3 Å². The molecule has 0 aliphatic heterocycles. The predicted octanol–water partition coefficient (Wildman–Crippen LogP) is -1.66. The minimum atomic E-state index is -1.19. The molecule has 4 atom stereocenters. The Kier molecular flexibility index (Phi) is 14.9. The standard InChI is InChI=1S/C19H37N7O5S/c1-4-11(2)15(18(31)24-10-14(27)28)26-17(30)13(7-9-32-3)25-16(29)12(20)6-5-8-23-19(21)22/h11-13,15H,4-10,20H2,1-3H3,(H,24,31)(H,25,29)(H,26,30)(H,27,28)(H4,21,22,23). The van der Waals surface area contributed by atoms with E-state index in [2.05, 4.69) is 20.9 Å². The highest BCUT2D eigenvalue weighted by atomic mass is 32.2. The maximum atomic E-state index is 12.9. The van der Waals surface area contributed by atoms with E-state index in [1.54, 1.807) is 6.92 Å². The lowest BCUT2D eigenvalue weighted by Crippen LogP contribution is -2.57. The van der Waals surface area contributed by atoms with Crippen molar-refractivity contribution >= 4 is 41.4 Å². The van der Waals surface area contributed by atoms with Crippen LogP contribution in [-0.4, -0.2) is 78.0 Å². The van der Waals surface area contributed by atoms with Gasteiger partial charge >= 0.3 is 5.97 Å². The fraction of sp³-hybridized carbons (Fsp3) is 0.737. The molecule has 0 aliphatic carbocycles. The van der Waals surface area contributed by atoms with Crippen LogP contribution in [0.25, 0.3) is 0 Å². The Labute approximate surface area is 192 Å². The van der Waals surface area contributed by atoms with Crippen LogP contribution >= 0.6 is 11.8 Å². The lowest BCUT2D eigenvalue weighted by Gasteiger charge is -2.27. The van der Waals surface area contributed by atoms with E-state index in [1.165, 1.54) is 11.8 Å². The molecule has 0 aliphatic rings. The molecule has 184 valence electrons. The van der Waals surface area contributed by atoms with Gasteiger partial charge in [0.15, 0.2) is 5.96 Å². The van der Waals surface area contributed by atoms with Gasteiger partial charge in [0, 0.05) is 6.54 Å². The number of carboxylic acid groups (broad SMARTS) is 1. The van der Waals surface area contributed by atoms with Crippen molar-refractivity contribution in [2.75, 3.05) is 25.1 Å². The minimum Gasteiger partial charge on any atom is -0.480 e. The van der Waals surface area contributed by atoms with Crippen LogP contribution in [0.15, 0.2) is 4.99 Å². The molecule has 0 radical (unpaired) electrons. The molecular weight excluding hydrogens is 438 g/mol. The van der Waals surface area contributed by atoms with Crippen LogP contribution in [-0.2, 0) is 19.2 Å². The van der Waals surface area contributed by atoms with E-state index in [0.29, 0.717) is 38.0 Å². The number of hydrogen-bond acceptors (Lipinski definition) is 7. The number of carbonyl (C=O) groups excluding carboxylic acids is 3. The summed E-state index contributed by atoms with van der Waals surface area (Å²) in [4.78, 5) is 52.4. The highest BCUT2D eigenvalue weighted by Gasteiger charge is 2.30. The number of aliphatic imine (C=N–C) groups is 1. The quantitative estimate of drug-likeness (QED) is 0.0771.